The lowest BCUT2D eigenvalue weighted by Crippen LogP contribution is -2.64. The minimum absolute atomic E-state index is 0.612. The smallest absolute Gasteiger partial charge is 0.118 e. The fraction of sp³-hybridized carbons (Fsp3) is 0.556. The highest BCUT2D eigenvalue weighted by Gasteiger charge is 2.42. The molecular formula is C27H37N3O. The number of rotatable bonds is 6. The van der Waals surface area contributed by atoms with Crippen molar-refractivity contribution in [1.29, 1.82) is 0 Å². The van der Waals surface area contributed by atoms with Crippen molar-refractivity contribution in [3.63, 3.8) is 0 Å². The van der Waals surface area contributed by atoms with Gasteiger partial charge in [-0.1, -0.05) is 48.9 Å². The quantitative estimate of drug-likeness (QED) is 0.691. The van der Waals surface area contributed by atoms with Crippen LogP contribution in [0.2, 0.25) is 0 Å². The van der Waals surface area contributed by atoms with Crippen molar-refractivity contribution in [3.05, 3.63) is 65.7 Å². The molecule has 6 rings (SSSR count). The molecule has 4 saturated heterocycles. The van der Waals surface area contributed by atoms with Gasteiger partial charge in [-0.15, -0.1) is 0 Å². The number of likely N-dealkylation sites (tertiary alicyclic amines) is 1. The second-order valence-electron chi connectivity index (χ2n) is 9.66. The van der Waals surface area contributed by atoms with Crippen LogP contribution in [0.25, 0.3) is 0 Å². The first-order chi connectivity index (χ1) is 15.3. The molecule has 0 amide bonds. The molecule has 0 N–H and O–H groups in total. The Morgan fingerprint density at radius 1 is 0.742 bits per heavy atom. The van der Waals surface area contributed by atoms with Crippen molar-refractivity contribution < 1.29 is 4.74 Å². The van der Waals surface area contributed by atoms with E-state index in [2.05, 4.69) is 69.3 Å². The standard InChI is InChI=1S/C27H37N3O/c1-31-25-14-12-23(13-15-25)19-30-20-24-10-7-11-26(28-16-5-6-17-28)27(30)21-29(24)18-22-8-3-2-4-9-22/h2-4,8-9,12-15,24,26-27H,5-7,10-11,16-21H2,1H3/t24-,26+,27+/m1/s1. The van der Waals surface area contributed by atoms with E-state index in [0.29, 0.717) is 18.1 Å². The summed E-state index contributed by atoms with van der Waals surface area (Å²) in [5, 5.41) is 0. The lowest BCUT2D eigenvalue weighted by molar-refractivity contribution is -0.0382. The third kappa shape index (κ3) is 4.82. The minimum atomic E-state index is 0.612. The normalized spacial score (nSPS) is 27.8. The highest BCUT2D eigenvalue weighted by atomic mass is 16.5. The van der Waals surface area contributed by atoms with Gasteiger partial charge in [0.1, 0.15) is 5.75 Å². The zero-order valence-corrected chi connectivity index (χ0v) is 19.0. The number of piperazine rings is 1. The van der Waals surface area contributed by atoms with E-state index in [4.69, 9.17) is 4.74 Å². The molecule has 2 aromatic rings. The number of fused-ring (bicyclic) bond motifs is 5. The molecule has 31 heavy (non-hydrogen) atoms. The van der Waals surface area contributed by atoms with E-state index >= 15 is 0 Å². The third-order valence-electron chi connectivity index (χ3n) is 7.72. The first kappa shape index (κ1) is 21.0. The summed E-state index contributed by atoms with van der Waals surface area (Å²) in [7, 11) is 1.74. The van der Waals surface area contributed by atoms with Gasteiger partial charge in [-0.2, -0.15) is 0 Å². The molecule has 0 radical (unpaired) electrons. The number of benzene rings is 2. The summed E-state index contributed by atoms with van der Waals surface area (Å²) in [5.41, 5.74) is 2.86. The van der Waals surface area contributed by atoms with E-state index in [1.165, 1.54) is 69.4 Å². The first-order valence-corrected chi connectivity index (χ1v) is 12.2. The molecular weight excluding hydrogens is 382 g/mol. The first-order valence-electron chi connectivity index (χ1n) is 12.2. The average molecular weight is 420 g/mol. The van der Waals surface area contributed by atoms with Crippen molar-refractivity contribution in [2.45, 2.75) is 63.3 Å². The maximum Gasteiger partial charge on any atom is 0.118 e. The fourth-order valence-corrected chi connectivity index (χ4v) is 6.08. The molecule has 4 aliphatic rings. The molecule has 2 bridgehead atoms. The Labute approximate surface area is 187 Å². The summed E-state index contributed by atoms with van der Waals surface area (Å²) in [5.74, 6) is 0.946. The Balaban J connectivity index is 1.38. The Morgan fingerprint density at radius 3 is 2.19 bits per heavy atom. The summed E-state index contributed by atoms with van der Waals surface area (Å²) < 4.78 is 5.37. The predicted octanol–water partition coefficient (Wildman–Crippen LogP) is 4.40. The number of hydrogen-bond acceptors (Lipinski definition) is 4. The summed E-state index contributed by atoms with van der Waals surface area (Å²) in [4.78, 5) is 8.43. The largest absolute Gasteiger partial charge is 0.497 e. The van der Waals surface area contributed by atoms with Gasteiger partial charge in [-0.05, 0) is 62.0 Å². The summed E-state index contributed by atoms with van der Waals surface area (Å²) in [6, 6.07) is 21.8. The van der Waals surface area contributed by atoms with Gasteiger partial charge in [0.2, 0.25) is 0 Å². The number of nitrogens with zero attached hydrogens (tertiary/aromatic N) is 3. The summed E-state index contributed by atoms with van der Waals surface area (Å²) in [6.45, 7) is 7.10. The average Bonchev–Trinajstić information content (AvgIpc) is 3.32. The SMILES string of the molecule is COc1ccc(CN2C[C@H]3CCC[C@H](N4CCCC4)[C@@H]2CN3Cc2ccccc2)cc1. The molecule has 4 aliphatic heterocycles. The van der Waals surface area contributed by atoms with Crippen LogP contribution in [0.1, 0.15) is 43.2 Å². The third-order valence-corrected chi connectivity index (χ3v) is 7.72. The molecule has 4 heterocycles. The number of methoxy groups -OCH3 is 1. The zero-order chi connectivity index (χ0) is 21.0. The number of ether oxygens (including phenoxy) is 1. The van der Waals surface area contributed by atoms with E-state index in [1.54, 1.807) is 7.11 Å². The zero-order valence-electron chi connectivity index (χ0n) is 19.0. The van der Waals surface area contributed by atoms with E-state index in [-0.39, 0.29) is 0 Å². The van der Waals surface area contributed by atoms with Gasteiger partial charge >= 0.3 is 0 Å². The second-order valence-corrected chi connectivity index (χ2v) is 9.66. The van der Waals surface area contributed by atoms with Crippen LogP contribution in [0.4, 0.5) is 0 Å². The number of hydrogen-bond donors (Lipinski definition) is 0. The maximum atomic E-state index is 5.37. The van der Waals surface area contributed by atoms with Crippen molar-refractivity contribution in [3.8, 4) is 5.75 Å². The molecule has 166 valence electrons. The molecule has 0 spiro atoms. The van der Waals surface area contributed by atoms with Crippen LogP contribution in [0.15, 0.2) is 54.6 Å². The molecule has 0 aromatic heterocycles. The van der Waals surface area contributed by atoms with Gasteiger partial charge in [0, 0.05) is 44.3 Å². The highest BCUT2D eigenvalue weighted by Crippen LogP contribution is 2.33. The van der Waals surface area contributed by atoms with Gasteiger partial charge in [0.25, 0.3) is 0 Å². The monoisotopic (exact) mass is 419 g/mol. The Hall–Kier alpha value is -1.88. The van der Waals surface area contributed by atoms with Crippen molar-refractivity contribution in [2.75, 3.05) is 33.3 Å². The Bertz CT molecular complexity index is 818. The van der Waals surface area contributed by atoms with E-state index < -0.39 is 0 Å². The minimum Gasteiger partial charge on any atom is -0.497 e. The van der Waals surface area contributed by atoms with Crippen molar-refractivity contribution in [2.24, 2.45) is 0 Å². The second kappa shape index (κ2) is 9.72. The molecule has 2 aromatic carbocycles. The maximum absolute atomic E-state index is 5.37. The van der Waals surface area contributed by atoms with Gasteiger partial charge in [-0.25, -0.2) is 0 Å². The van der Waals surface area contributed by atoms with Gasteiger partial charge in [-0.3, -0.25) is 14.7 Å². The van der Waals surface area contributed by atoms with Gasteiger partial charge in [0.05, 0.1) is 7.11 Å². The fourth-order valence-electron chi connectivity index (χ4n) is 6.08. The van der Waals surface area contributed by atoms with Crippen LogP contribution in [0, 0.1) is 0 Å². The van der Waals surface area contributed by atoms with Crippen molar-refractivity contribution in [1.82, 2.24) is 14.7 Å². The molecule has 0 saturated carbocycles. The Morgan fingerprint density at radius 2 is 1.45 bits per heavy atom. The van der Waals surface area contributed by atoms with Crippen LogP contribution in [0.3, 0.4) is 0 Å². The molecule has 0 aliphatic carbocycles. The lowest BCUT2D eigenvalue weighted by Gasteiger charge is -2.53. The van der Waals surface area contributed by atoms with E-state index in [1.807, 2.05) is 0 Å². The van der Waals surface area contributed by atoms with E-state index in [0.717, 1.165) is 18.8 Å². The molecule has 3 atom stereocenters. The predicted molar refractivity (Wildman–Crippen MR) is 126 cm³/mol. The van der Waals surface area contributed by atoms with Gasteiger partial charge in [0.15, 0.2) is 0 Å². The van der Waals surface area contributed by atoms with Crippen LogP contribution in [-0.4, -0.2) is 66.1 Å². The molecule has 4 fully saturated rings. The van der Waals surface area contributed by atoms with Crippen molar-refractivity contribution >= 4 is 0 Å². The highest BCUT2D eigenvalue weighted by molar-refractivity contribution is 5.27. The lowest BCUT2D eigenvalue weighted by atomic mass is 9.88. The molecule has 0 unspecified atom stereocenters. The van der Waals surface area contributed by atoms with Crippen LogP contribution >= 0.6 is 0 Å². The van der Waals surface area contributed by atoms with Crippen LogP contribution in [0.5, 0.6) is 5.75 Å². The Kier molecular flexibility index (Phi) is 6.58. The van der Waals surface area contributed by atoms with Crippen LogP contribution in [-0.2, 0) is 13.1 Å². The molecule has 4 heteroatoms. The van der Waals surface area contributed by atoms with Gasteiger partial charge < -0.3 is 4.74 Å². The summed E-state index contributed by atoms with van der Waals surface area (Å²) >= 11 is 0. The molecule has 4 nitrogen and oxygen atoms in total. The summed E-state index contributed by atoms with van der Waals surface area (Å²) in [6.07, 6.45) is 6.79. The van der Waals surface area contributed by atoms with Crippen LogP contribution < -0.4 is 4.74 Å². The van der Waals surface area contributed by atoms with E-state index in [9.17, 15) is 0 Å². The topological polar surface area (TPSA) is 19.0 Å².